The molecule has 0 aliphatic heterocycles. The highest BCUT2D eigenvalue weighted by Gasteiger charge is 2.14. The van der Waals surface area contributed by atoms with Crippen molar-refractivity contribution in [1.82, 2.24) is 9.59 Å². The summed E-state index contributed by atoms with van der Waals surface area (Å²) < 4.78 is 3.96. The van der Waals surface area contributed by atoms with Gasteiger partial charge >= 0.3 is 0 Å². The predicted octanol–water partition coefficient (Wildman–Crippen LogP) is 2.40. The van der Waals surface area contributed by atoms with E-state index in [-0.39, 0.29) is 6.04 Å². The van der Waals surface area contributed by atoms with Crippen LogP contribution in [0, 0.1) is 0 Å². The van der Waals surface area contributed by atoms with E-state index in [0.29, 0.717) is 0 Å². The SMILES string of the molecule is CCc1nnsc1C(N)Cc1ccsc1. The molecule has 2 aromatic rings. The van der Waals surface area contributed by atoms with Gasteiger partial charge in [-0.25, -0.2) is 0 Å². The van der Waals surface area contributed by atoms with E-state index in [4.69, 9.17) is 5.73 Å². The minimum absolute atomic E-state index is 0.0366. The molecule has 0 spiro atoms. The number of aryl methyl sites for hydroxylation is 1. The molecule has 0 saturated heterocycles. The Morgan fingerprint density at radius 2 is 2.40 bits per heavy atom. The number of rotatable bonds is 4. The summed E-state index contributed by atoms with van der Waals surface area (Å²) in [5.41, 5.74) is 8.48. The van der Waals surface area contributed by atoms with Gasteiger partial charge in [-0.2, -0.15) is 11.3 Å². The quantitative estimate of drug-likeness (QED) is 0.891. The third-order valence-electron chi connectivity index (χ3n) is 2.29. The van der Waals surface area contributed by atoms with Crippen LogP contribution in [-0.4, -0.2) is 9.59 Å². The number of nitrogens with two attached hydrogens (primary N) is 1. The van der Waals surface area contributed by atoms with Crippen LogP contribution in [0.5, 0.6) is 0 Å². The van der Waals surface area contributed by atoms with Gasteiger partial charge in [-0.05, 0) is 46.8 Å². The molecule has 15 heavy (non-hydrogen) atoms. The van der Waals surface area contributed by atoms with Gasteiger partial charge in [0.25, 0.3) is 0 Å². The minimum atomic E-state index is 0.0366. The van der Waals surface area contributed by atoms with E-state index in [1.807, 2.05) is 0 Å². The van der Waals surface area contributed by atoms with E-state index in [1.54, 1.807) is 11.3 Å². The zero-order chi connectivity index (χ0) is 10.7. The summed E-state index contributed by atoms with van der Waals surface area (Å²) in [5.74, 6) is 0. The second kappa shape index (κ2) is 4.83. The van der Waals surface area contributed by atoms with Crippen LogP contribution in [0.15, 0.2) is 16.8 Å². The first-order chi connectivity index (χ1) is 7.31. The van der Waals surface area contributed by atoms with Gasteiger partial charge in [-0.1, -0.05) is 11.4 Å². The van der Waals surface area contributed by atoms with Gasteiger partial charge in [0.05, 0.1) is 10.6 Å². The average Bonchev–Trinajstić information content (AvgIpc) is 2.86. The van der Waals surface area contributed by atoms with Gasteiger partial charge in [0.15, 0.2) is 0 Å². The van der Waals surface area contributed by atoms with Gasteiger partial charge < -0.3 is 5.73 Å². The first-order valence-electron chi connectivity index (χ1n) is 4.89. The maximum Gasteiger partial charge on any atom is 0.0801 e. The lowest BCUT2D eigenvalue weighted by atomic mass is 10.1. The van der Waals surface area contributed by atoms with Crippen molar-refractivity contribution in [2.45, 2.75) is 25.8 Å². The van der Waals surface area contributed by atoms with Crippen LogP contribution in [0.25, 0.3) is 0 Å². The van der Waals surface area contributed by atoms with Crippen molar-refractivity contribution >= 4 is 22.9 Å². The van der Waals surface area contributed by atoms with Crippen molar-refractivity contribution in [3.63, 3.8) is 0 Å². The fraction of sp³-hybridized carbons (Fsp3) is 0.400. The van der Waals surface area contributed by atoms with Crippen LogP contribution in [-0.2, 0) is 12.8 Å². The standard InChI is InChI=1S/C10H13N3S2/c1-2-9-10(15-13-12-9)8(11)5-7-3-4-14-6-7/h3-4,6,8H,2,5,11H2,1H3. The maximum absolute atomic E-state index is 6.14. The van der Waals surface area contributed by atoms with Gasteiger partial charge in [-0.3, -0.25) is 0 Å². The maximum atomic E-state index is 6.14. The molecule has 2 heterocycles. The molecule has 0 aromatic carbocycles. The highest BCUT2D eigenvalue weighted by molar-refractivity contribution is 7.08. The third-order valence-corrected chi connectivity index (χ3v) is 3.92. The van der Waals surface area contributed by atoms with Crippen molar-refractivity contribution in [3.8, 4) is 0 Å². The molecule has 2 aromatic heterocycles. The molecule has 2 N–H and O–H groups in total. The van der Waals surface area contributed by atoms with Crippen molar-refractivity contribution < 1.29 is 0 Å². The minimum Gasteiger partial charge on any atom is -0.323 e. The summed E-state index contributed by atoms with van der Waals surface area (Å²) >= 11 is 3.13. The fourth-order valence-electron chi connectivity index (χ4n) is 1.50. The zero-order valence-corrected chi connectivity index (χ0v) is 10.1. The van der Waals surface area contributed by atoms with Crippen LogP contribution < -0.4 is 5.73 Å². The lowest BCUT2D eigenvalue weighted by Gasteiger charge is -2.08. The third kappa shape index (κ3) is 2.42. The summed E-state index contributed by atoms with van der Waals surface area (Å²) in [6.45, 7) is 2.08. The fourth-order valence-corrected chi connectivity index (χ4v) is 2.92. The Hall–Kier alpha value is -0.780. The number of hydrogen-bond donors (Lipinski definition) is 1. The highest BCUT2D eigenvalue weighted by atomic mass is 32.1. The van der Waals surface area contributed by atoms with Crippen LogP contribution in [0.4, 0.5) is 0 Å². The van der Waals surface area contributed by atoms with E-state index in [9.17, 15) is 0 Å². The summed E-state index contributed by atoms with van der Waals surface area (Å²) in [6.07, 6.45) is 1.78. The molecule has 0 amide bonds. The molecular formula is C10H13N3S2. The van der Waals surface area contributed by atoms with E-state index in [2.05, 4.69) is 33.3 Å². The zero-order valence-electron chi connectivity index (χ0n) is 8.51. The van der Waals surface area contributed by atoms with E-state index >= 15 is 0 Å². The predicted molar refractivity (Wildman–Crippen MR) is 64.2 cm³/mol. The van der Waals surface area contributed by atoms with Gasteiger partial charge in [-0.15, -0.1) is 5.10 Å². The molecular weight excluding hydrogens is 226 g/mol. The lowest BCUT2D eigenvalue weighted by molar-refractivity contribution is 0.724. The summed E-state index contributed by atoms with van der Waals surface area (Å²) in [4.78, 5) is 1.13. The average molecular weight is 239 g/mol. The lowest BCUT2D eigenvalue weighted by Crippen LogP contribution is -2.13. The summed E-state index contributed by atoms with van der Waals surface area (Å²) in [6, 6.07) is 2.15. The van der Waals surface area contributed by atoms with Gasteiger partial charge in [0, 0.05) is 6.04 Å². The molecule has 0 aliphatic carbocycles. The Balaban J connectivity index is 2.11. The normalized spacial score (nSPS) is 12.9. The first-order valence-corrected chi connectivity index (χ1v) is 6.60. The molecule has 0 saturated carbocycles. The van der Waals surface area contributed by atoms with Crippen LogP contribution in [0.2, 0.25) is 0 Å². The van der Waals surface area contributed by atoms with Gasteiger partial charge in [0.2, 0.25) is 0 Å². The molecule has 1 unspecified atom stereocenters. The summed E-state index contributed by atoms with van der Waals surface area (Å²) in [7, 11) is 0. The Bertz CT molecular complexity index is 408. The molecule has 5 heteroatoms. The van der Waals surface area contributed by atoms with E-state index in [0.717, 1.165) is 23.4 Å². The number of hydrogen-bond acceptors (Lipinski definition) is 5. The Morgan fingerprint density at radius 1 is 1.53 bits per heavy atom. The second-order valence-corrected chi connectivity index (χ2v) is 4.95. The molecule has 0 aliphatic rings. The number of thiophene rings is 1. The largest absolute Gasteiger partial charge is 0.323 e. The monoisotopic (exact) mass is 239 g/mol. The van der Waals surface area contributed by atoms with Crippen molar-refractivity contribution in [2.75, 3.05) is 0 Å². The van der Waals surface area contributed by atoms with E-state index < -0.39 is 0 Å². The summed E-state index contributed by atoms with van der Waals surface area (Å²) in [5, 5.41) is 8.29. The second-order valence-electron chi connectivity index (χ2n) is 3.38. The van der Waals surface area contributed by atoms with Gasteiger partial charge in [0.1, 0.15) is 0 Å². The Kier molecular flexibility index (Phi) is 3.45. The Labute approximate surface area is 97.1 Å². The van der Waals surface area contributed by atoms with Crippen molar-refractivity contribution in [3.05, 3.63) is 33.0 Å². The molecule has 80 valence electrons. The molecule has 0 bridgehead atoms. The van der Waals surface area contributed by atoms with Crippen molar-refractivity contribution in [1.29, 1.82) is 0 Å². The first kappa shape index (κ1) is 10.7. The van der Waals surface area contributed by atoms with Crippen molar-refractivity contribution in [2.24, 2.45) is 5.73 Å². The molecule has 3 nitrogen and oxygen atoms in total. The van der Waals surface area contributed by atoms with Crippen LogP contribution >= 0.6 is 22.9 Å². The molecule has 0 fully saturated rings. The van der Waals surface area contributed by atoms with E-state index in [1.165, 1.54) is 17.1 Å². The molecule has 2 rings (SSSR count). The topological polar surface area (TPSA) is 51.8 Å². The number of aromatic nitrogens is 2. The van der Waals surface area contributed by atoms with Crippen LogP contribution in [0.3, 0.4) is 0 Å². The smallest absolute Gasteiger partial charge is 0.0801 e. The van der Waals surface area contributed by atoms with Crippen LogP contribution in [0.1, 0.15) is 29.1 Å². The Morgan fingerprint density at radius 3 is 3.07 bits per heavy atom. The molecule has 0 radical (unpaired) electrons. The highest BCUT2D eigenvalue weighted by Crippen LogP contribution is 2.23. The number of nitrogens with zero attached hydrogens (tertiary/aromatic N) is 2. The molecule has 1 atom stereocenters.